The van der Waals surface area contributed by atoms with Gasteiger partial charge in [-0.05, 0) is 73.2 Å². The van der Waals surface area contributed by atoms with Crippen LogP contribution in [0.1, 0.15) is 39.6 Å². The Labute approximate surface area is 202 Å². The van der Waals surface area contributed by atoms with Gasteiger partial charge >= 0.3 is 5.97 Å². The number of halogens is 2. The molecule has 3 aromatic rings. The van der Waals surface area contributed by atoms with Crippen LogP contribution in [0.3, 0.4) is 0 Å². The van der Waals surface area contributed by atoms with Gasteiger partial charge < -0.3 is 9.47 Å². The van der Waals surface area contributed by atoms with Gasteiger partial charge in [-0.1, -0.05) is 38.8 Å². The number of esters is 1. The highest BCUT2D eigenvalue weighted by atomic mass is 79.9. The molecule has 0 bridgehead atoms. The summed E-state index contributed by atoms with van der Waals surface area (Å²) >= 11 is 6.72. The predicted molar refractivity (Wildman–Crippen MR) is 131 cm³/mol. The lowest BCUT2D eigenvalue weighted by Crippen LogP contribution is -2.17. The van der Waals surface area contributed by atoms with E-state index in [0.717, 1.165) is 15.4 Å². The molecular weight excluding hydrogens is 540 g/mol. The largest absolute Gasteiger partial charge is 0.494 e. The Morgan fingerprint density at radius 2 is 1.59 bits per heavy atom. The molecule has 0 aliphatic carbocycles. The molecule has 0 spiro atoms. The van der Waals surface area contributed by atoms with E-state index in [0.29, 0.717) is 34.8 Å². The number of rotatable bonds is 8. The van der Waals surface area contributed by atoms with Crippen LogP contribution in [0.4, 0.5) is 0 Å². The number of hydrazone groups is 1. The van der Waals surface area contributed by atoms with E-state index in [9.17, 15) is 9.59 Å². The summed E-state index contributed by atoms with van der Waals surface area (Å²) in [5, 5.41) is 4.00. The molecule has 0 saturated carbocycles. The van der Waals surface area contributed by atoms with Crippen molar-refractivity contribution in [2.45, 2.75) is 13.3 Å². The van der Waals surface area contributed by atoms with Gasteiger partial charge in [0.2, 0.25) is 0 Å². The smallest absolute Gasteiger partial charge is 0.343 e. The van der Waals surface area contributed by atoms with Gasteiger partial charge in [-0.25, -0.2) is 10.2 Å². The van der Waals surface area contributed by atoms with Crippen LogP contribution in [0.25, 0.3) is 0 Å². The van der Waals surface area contributed by atoms with Crippen LogP contribution in [-0.4, -0.2) is 24.7 Å². The van der Waals surface area contributed by atoms with Crippen molar-refractivity contribution in [3.63, 3.8) is 0 Å². The average Bonchev–Trinajstić information content (AvgIpc) is 2.80. The van der Waals surface area contributed by atoms with Crippen molar-refractivity contribution in [2.24, 2.45) is 5.10 Å². The normalized spacial score (nSPS) is 10.7. The van der Waals surface area contributed by atoms with Gasteiger partial charge in [0.05, 0.1) is 18.4 Å². The SMILES string of the molecule is CCCOc1ccc(C(=O)Oc2ccc(Br)cc2/C=N/NC(=O)c2ccc(Br)cc2)cc1. The summed E-state index contributed by atoms with van der Waals surface area (Å²) in [7, 11) is 0. The van der Waals surface area contributed by atoms with Crippen LogP contribution in [-0.2, 0) is 0 Å². The minimum Gasteiger partial charge on any atom is -0.494 e. The van der Waals surface area contributed by atoms with Gasteiger partial charge in [0.1, 0.15) is 11.5 Å². The number of carbonyl (C=O) groups is 2. The maximum absolute atomic E-state index is 12.6. The third kappa shape index (κ3) is 6.77. The zero-order valence-corrected chi connectivity index (χ0v) is 20.4. The fraction of sp³-hybridized carbons (Fsp3) is 0.125. The summed E-state index contributed by atoms with van der Waals surface area (Å²) in [6.07, 6.45) is 2.33. The van der Waals surface area contributed by atoms with Crippen molar-refractivity contribution in [1.29, 1.82) is 0 Å². The molecule has 0 atom stereocenters. The van der Waals surface area contributed by atoms with E-state index in [-0.39, 0.29) is 5.91 Å². The van der Waals surface area contributed by atoms with E-state index in [1.807, 2.05) is 6.92 Å². The van der Waals surface area contributed by atoms with Gasteiger partial charge in [-0.3, -0.25) is 4.79 Å². The molecule has 0 radical (unpaired) electrons. The number of benzene rings is 3. The molecule has 0 aliphatic heterocycles. The summed E-state index contributed by atoms with van der Waals surface area (Å²) in [6, 6.07) is 18.8. The van der Waals surface area contributed by atoms with Crippen LogP contribution in [0.5, 0.6) is 11.5 Å². The molecule has 0 heterocycles. The first-order valence-corrected chi connectivity index (χ1v) is 11.4. The Morgan fingerprint density at radius 1 is 0.938 bits per heavy atom. The molecule has 8 heteroatoms. The number of hydrogen-bond donors (Lipinski definition) is 1. The highest BCUT2D eigenvalue weighted by molar-refractivity contribution is 9.10. The first-order chi connectivity index (χ1) is 15.5. The highest BCUT2D eigenvalue weighted by Gasteiger charge is 2.12. The summed E-state index contributed by atoms with van der Waals surface area (Å²) < 4.78 is 12.7. The second kappa shape index (κ2) is 11.6. The molecule has 0 fully saturated rings. The zero-order valence-electron chi connectivity index (χ0n) is 17.2. The lowest BCUT2D eigenvalue weighted by Gasteiger charge is -2.09. The Bertz CT molecular complexity index is 1110. The molecule has 0 aromatic heterocycles. The molecule has 1 N–H and O–H groups in total. The number of amides is 1. The fourth-order valence-corrected chi connectivity index (χ4v) is 3.25. The van der Waals surface area contributed by atoms with Crippen molar-refractivity contribution < 1.29 is 19.1 Å². The quantitative estimate of drug-likeness (QED) is 0.159. The molecule has 0 aliphatic rings. The van der Waals surface area contributed by atoms with E-state index in [1.54, 1.807) is 66.7 Å². The standard InChI is InChI=1S/C24H20Br2N2O4/c1-2-13-31-21-10-5-17(6-11-21)24(30)32-22-12-9-20(26)14-18(22)15-27-28-23(29)16-3-7-19(25)8-4-16/h3-12,14-15H,2,13H2,1H3,(H,28,29)/b27-15+. The first-order valence-electron chi connectivity index (χ1n) is 9.80. The Morgan fingerprint density at radius 3 is 2.28 bits per heavy atom. The fourth-order valence-electron chi connectivity index (χ4n) is 2.61. The molecule has 0 unspecified atom stereocenters. The van der Waals surface area contributed by atoms with E-state index in [2.05, 4.69) is 42.4 Å². The lowest BCUT2D eigenvalue weighted by atomic mass is 10.2. The maximum atomic E-state index is 12.6. The molecule has 6 nitrogen and oxygen atoms in total. The van der Waals surface area contributed by atoms with Crippen LogP contribution >= 0.6 is 31.9 Å². The monoisotopic (exact) mass is 558 g/mol. The molecule has 3 rings (SSSR count). The highest BCUT2D eigenvalue weighted by Crippen LogP contribution is 2.23. The second-order valence-corrected chi connectivity index (χ2v) is 8.48. The van der Waals surface area contributed by atoms with Crippen LogP contribution < -0.4 is 14.9 Å². The summed E-state index contributed by atoms with van der Waals surface area (Å²) in [4.78, 5) is 24.8. The second-order valence-electron chi connectivity index (χ2n) is 6.65. The number of carbonyl (C=O) groups excluding carboxylic acids is 2. The van der Waals surface area contributed by atoms with Crippen molar-refractivity contribution in [3.05, 3.63) is 92.4 Å². The molecule has 32 heavy (non-hydrogen) atoms. The minimum absolute atomic E-state index is 0.311. The Hall–Kier alpha value is -2.97. The number of nitrogens with zero attached hydrogens (tertiary/aromatic N) is 1. The number of hydrogen-bond acceptors (Lipinski definition) is 5. The number of ether oxygens (including phenoxy) is 2. The maximum Gasteiger partial charge on any atom is 0.343 e. The van der Waals surface area contributed by atoms with E-state index >= 15 is 0 Å². The van der Waals surface area contributed by atoms with Crippen molar-refractivity contribution in [3.8, 4) is 11.5 Å². The van der Waals surface area contributed by atoms with Crippen LogP contribution in [0.2, 0.25) is 0 Å². The van der Waals surface area contributed by atoms with E-state index < -0.39 is 5.97 Å². The summed E-state index contributed by atoms with van der Waals surface area (Å²) in [5.41, 5.74) is 3.85. The molecule has 3 aromatic carbocycles. The minimum atomic E-state index is -0.511. The zero-order chi connectivity index (χ0) is 22.9. The van der Waals surface area contributed by atoms with Gasteiger partial charge in [-0.2, -0.15) is 5.10 Å². The van der Waals surface area contributed by atoms with E-state index in [1.165, 1.54) is 6.21 Å². The van der Waals surface area contributed by atoms with Crippen LogP contribution in [0.15, 0.2) is 80.8 Å². The molecule has 164 valence electrons. The third-order valence-corrected chi connectivity index (χ3v) is 5.24. The average molecular weight is 560 g/mol. The van der Waals surface area contributed by atoms with E-state index in [4.69, 9.17) is 9.47 Å². The van der Waals surface area contributed by atoms with Crippen molar-refractivity contribution in [1.82, 2.24) is 5.43 Å². The lowest BCUT2D eigenvalue weighted by molar-refractivity contribution is 0.0734. The summed E-state index contributed by atoms with van der Waals surface area (Å²) in [6.45, 7) is 2.64. The number of nitrogens with one attached hydrogen (secondary N) is 1. The topological polar surface area (TPSA) is 77.0 Å². The molecule has 0 saturated heterocycles. The molecule has 1 amide bonds. The van der Waals surface area contributed by atoms with Gasteiger partial charge in [-0.15, -0.1) is 0 Å². The van der Waals surface area contributed by atoms with Gasteiger partial charge in [0, 0.05) is 20.1 Å². The van der Waals surface area contributed by atoms with Gasteiger partial charge in [0.25, 0.3) is 5.91 Å². The first kappa shape index (κ1) is 23.7. The summed E-state index contributed by atoms with van der Waals surface area (Å²) in [5.74, 6) is 0.142. The van der Waals surface area contributed by atoms with Gasteiger partial charge in [0.15, 0.2) is 0 Å². The van der Waals surface area contributed by atoms with Crippen LogP contribution in [0, 0.1) is 0 Å². The van der Waals surface area contributed by atoms with Crippen molar-refractivity contribution >= 4 is 50.0 Å². The van der Waals surface area contributed by atoms with Crippen molar-refractivity contribution in [2.75, 3.05) is 6.61 Å². The third-order valence-electron chi connectivity index (χ3n) is 4.21. The Kier molecular flexibility index (Phi) is 8.58. The Balaban J connectivity index is 1.69. The molecular formula is C24H20Br2N2O4. The predicted octanol–water partition coefficient (Wildman–Crippen LogP) is 5.98.